The number of benzene rings is 1. The van der Waals surface area contributed by atoms with Gasteiger partial charge in [-0.1, -0.05) is 24.3 Å². The molecule has 3 heteroatoms. The quantitative estimate of drug-likeness (QED) is 0.814. The van der Waals surface area contributed by atoms with Crippen molar-refractivity contribution in [1.82, 2.24) is 4.90 Å². The molecule has 18 heavy (non-hydrogen) atoms. The molecule has 0 radical (unpaired) electrons. The number of hydrogen-bond acceptors (Lipinski definition) is 2. The van der Waals surface area contributed by atoms with E-state index in [2.05, 4.69) is 19.1 Å². The normalized spacial score (nSPS) is 27.6. The van der Waals surface area contributed by atoms with E-state index in [4.69, 9.17) is 0 Å². The minimum absolute atomic E-state index is 0.181. The number of nitrogens with zero attached hydrogens (tertiary/aromatic N) is 1. The first-order valence-electron chi connectivity index (χ1n) is 6.67. The van der Waals surface area contributed by atoms with E-state index in [0.29, 0.717) is 13.1 Å². The Bertz CT molecular complexity index is 479. The second-order valence-electron chi connectivity index (χ2n) is 5.71. The Morgan fingerprint density at radius 3 is 2.83 bits per heavy atom. The van der Waals surface area contributed by atoms with Crippen molar-refractivity contribution in [2.75, 3.05) is 13.1 Å². The SMILES string of the molecule is CC1(C(=O)N2CC(O)C2)CCCc2ccccc21. The Morgan fingerprint density at radius 1 is 1.39 bits per heavy atom. The van der Waals surface area contributed by atoms with Gasteiger partial charge in [-0.25, -0.2) is 0 Å². The number of aliphatic hydroxyl groups is 1. The lowest BCUT2D eigenvalue weighted by atomic mass is 9.70. The van der Waals surface area contributed by atoms with Crippen molar-refractivity contribution in [2.45, 2.75) is 37.7 Å². The maximum atomic E-state index is 12.6. The molecular formula is C15H19NO2. The first-order valence-corrected chi connectivity index (χ1v) is 6.67. The second kappa shape index (κ2) is 4.09. The molecule has 1 amide bonds. The van der Waals surface area contributed by atoms with Crippen molar-refractivity contribution in [2.24, 2.45) is 0 Å². The summed E-state index contributed by atoms with van der Waals surface area (Å²) in [4.78, 5) is 14.4. The Labute approximate surface area is 107 Å². The van der Waals surface area contributed by atoms with Crippen LogP contribution in [-0.4, -0.2) is 35.1 Å². The third-order valence-corrected chi connectivity index (χ3v) is 4.36. The number of likely N-dealkylation sites (tertiary alicyclic amines) is 1. The number of aliphatic hydroxyl groups excluding tert-OH is 1. The topological polar surface area (TPSA) is 40.5 Å². The molecule has 0 saturated carbocycles. The summed E-state index contributed by atoms with van der Waals surface area (Å²) >= 11 is 0. The minimum atomic E-state index is -0.394. The van der Waals surface area contributed by atoms with Gasteiger partial charge in [0.25, 0.3) is 0 Å². The highest BCUT2D eigenvalue weighted by Crippen LogP contribution is 2.39. The van der Waals surface area contributed by atoms with Crippen LogP contribution in [0.1, 0.15) is 30.9 Å². The van der Waals surface area contributed by atoms with Crippen molar-refractivity contribution < 1.29 is 9.90 Å². The summed E-state index contributed by atoms with van der Waals surface area (Å²) in [5.74, 6) is 0.181. The largest absolute Gasteiger partial charge is 0.389 e. The maximum Gasteiger partial charge on any atom is 0.233 e. The van der Waals surface area contributed by atoms with Crippen LogP contribution in [0, 0.1) is 0 Å². The standard InChI is InChI=1S/C15H19NO2/c1-15(14(18)16-9-12(17)10-16)8-4-6-11-5-2-3-7-13(11)15/h2-3,5,7,12,17H,4,6,8-10H2,1H3. The van der Waals surface area contributed by atoms with Gasteiger partial charge in [0, 0.05) is 13.1 Å². The van der Waals surface area contributed by atoms with Gasteiger partial charge in [-0.2, -0.15) is 0 Å². The van der Waals surface area contributed by atoms with Gasteiger partial charge in [0.15, 0.2) is 0 Å². The van der Waals surface area contributed by atoms with E-state index in [0.717, 1.165) is 19.3 Å². The predicted molar refractivity (Wildman–Crippen MR) is 69.3 cm³/mol. The third-order valence-electron chi connectivity index (χ3n) is 4.36. The average Bonchev–Trinajstić information content (AvgIpc) is 2.35. The Balaban J connectivity index is 1.93. The molecule has 1 unspecified atom stereocenters. The van der Waals surface area contributed by atoms with Crippen LogP contribution < -0.4 is 0 Å². The van der Waals surface area contributed by atoms with Gasteiger partial charge < -0.3 is 10.0 Å². The lowest BCUT2D eigenvalue weighted by Crippen LogP contribution is -2.59. The molecular weight excluding hydrogens is 226 g/mol. The molecule has 1 aromatic rings. The highest BCUT2D eigenvalue weighted by atomic mass is 16.3. The van der Waals surface area contributed by atoms with Crippen molar-refractivity contribution in [3.05, 3.63) is 35.4 Å². The van der Waals surface area contributed by atoms with Gasteiger partial charge in [0.1, 0.15) is 0 Å². The van der Waals surface area contributed by atoms with E-state index in [1.165, 1.54) is 11.1 Å². The molecule has 3 rings (SSSR count). The van der Waals surface area contributed by atoms with Crippen LogP contribution in [0.25, 0.3) is 0 Å². The number of aryl methyl sites for hydroxylation is 1. The number of hydrogen-bond donors (Lipinski definition) is 1. The molecule has 1 aliphatic heterocycles. The summed E-state index contributed by atoms with van der Waals surface area (Å²) in [5.41, 5.74) is 2.10. The zero-order chi connectivity index (χ0) is 12.8. The van der Waals surface area contributed by atoms with E-state index in [9.17, 15) is 9.90 Å². The van der Waals surface area contributed by atoms with Gasteiger partial charge >= 0.3 is 0 Å². The zero-order valence-corrected chi connectivity index (χ0v) is 10.7. The van der Waals surface area contributed by atoms with E-state index >= 15 is 0 Å². The summed E-state index contributed by atoms with van der Waals surface area (Å²) in [7, 11) is 0. The van der Waals surface area contributed by atoms with E-state index in [-0.39, 0.29) is 12.0 Å². The Morgan fingerprint density at radius 2 is 2.11 bits per heavy atom. The minimum Gasteiger partial charge on any atom is -0.389 e. The van der Waals surface area contributed by atoms with Crippen LogP contribution in [0.5, 0.6) is 0 Å². The highest BCUT2D eigenvalue weighted by molar-refractivity contribution is 5.89. The molecule has 96 valence electrons. The molecule has 0 bridgehead atoms. The predicted octanol–water partition coefficient (Wildman–Crippen LogP) is 1.48. The smallest absolute Gasteiger partial charge is 0.233 e. The summed E-state index contributed by atoms with van der Waals surface area (Å²) in [6.07, 6.45) is 2.73. The molecule has 0 spiro atoms. The van der Waals surface area contributed by atoms with Crippen LogP contribution in [-0.2, 0) is 16.6 Å². The fraction of sp³-hybridized carbons (Fsp3) is 0.533. The zero-order valence-electron chi connectivity index (χ0n) is 10.7. The molecule has 2 aliphatic rings. The van der Waals surface area contributed by atoms with Crippen LogP contribution in [0.2, 0.25) is 0 Å². The summed E-state index contributed by atoms with van der Waals surface area (Å²) in [5, 5.41) is 9.35. The Kier molecular flexibility index (Phi) is 2.67. The molecule has 1 aliphatic carbocycles. The number of fused-ring (bicyclic) bond motifs is 1. The van der Waals surface area contributed by atoms with Crippen LogP contribution in [0.3, 0.4) is 0 Å². The fourth-order valence-corrected chi connectivity index (χ4v) is 3.24. The lowest BCUT2D eigenvalue weighted by Gasteiger charge is -2.44. The molecule has 1 N–H and O–H groups in total. The van der Waals surface area contributed by atoms with Crippen LogP contribution in [0.15, 0.2) is 24.3 Å². The van der Waals surface area contributed by atoms with Gasteiger partial charge in [-0.15, -0.1) is 0 Å². The molecule has 1 atom stereocenters. The first-order chi connectivity index (χ1) is 8.61. The van der Waals surface area contributed by atoms with E-state index in [1.54, 1.807) is 4.90 Å². The average molecular weight is 245 g/mol. The fourth-order valence-electron chi connectivity index (χ4n) is 3.24. The molecule has 1 saturated heterocycles. The van der Waals surface area contributed by atoms with Crippen LogP contribution in [0.4, 0.5) is 0 Å². The number of carbonyl (C=O) groups excluding carboxylic acids is 1. The van der Waals surface area contributed by atoms with Crippen molar-refractivity contribution in [3.63, 3.8) is 0 Å². The van der Waals surface area contributed by atoms with Crippen molar-refractivity contribution >= 4 is 5.91 Å². The van der Waals surface area contributed by atoms with Gasteiger partial charge in [-0.3, -0.25) is 4.79 Å². The molecule has 1 heterocycles. The van der Waals surface area contributed by atoms with Gasteiger partial charge in [-0.05, 0) is 37.3 Å². The monoisotopic (exact) mass is 245 g/mol. The maximum absolute atomic E-state index is 12.6. The molecule has 3 nitrogen and oxygen atoms in total. The van der Waals surface area contributed by atoms with E-state index in [1.807, 2.05) is 12.1 Å². The highest BCUT2D eigenvalue weighted by Gasteiger charge is 2.44. The molecule has 1 fully saturated rings. The number of carbonyl (C=O) groups is 1. The first kappa shape index (κ1) is 11.7. The third kappa shape index (κ3) is 1.65. The van der Waals surface area contributed by atoms with Gasteiger partial charge in [0.2, 0.25) is 5.91 Å². The lowest BCUT2D eigenvalue weighted by molar-refractivity contribution is -0.147. The van der Waals surface area contributed by atoms with Crippen LogP contribution >= 0.6 is 0 Å². The summed E-state index contributed by atoms with van der Waals surface area (Å²) in [6, 6.07) is 8.27. The van der Waals surface area contributed by atoms with E-state index < -0.39 is 5.41 Å². The number of amides is 1. The Hall–Kier alpha value is -1.35. The summed E-state index contributed by atoms with van der Waals surface area (Å²) in [6.45, 7) is 3.05. The van der Waals surface area contributed by atoms with Gasteiger partial charge in [0.05, 0.1) is 11.5 Å². The number of β-amino-alcohol motifs (C(OH)–C–C–N with tert-alkyl or cyclic N) is 1. The van der Waals surface area contributed by atoms with Crippen molar-refractivity contribution in [1.29, 1.82) is 0 Å². The molecule has 1 aromatic carbocycles. The van der Waals surface area contributed by atoms with Crippen molar-refractivity contribution in [3.8, 4) is 0 Å². The number of rotatable bonds is 1. The summed E-state index contributed by atoms with van der Waals surface area (Å²) < 4.78 is 0. The molecule has 0 aromatic heterocycles. The second-order valence-corrected chi connectivity index (χ2v) is 5.71.